The molecule has 172 valence electrons. The number of rotatable bonds is 5. The lowest BCUT2D eigenvalue weighted by molar-refractivity contribution is 0.233. The lowest BCUT2D eigenvalue weighted by atomic mass is 9.63. The second-order valence-corrected chi connectivity index (χ2v) is 11.7. The lowest BCUT2D eigenvalue weighted by Crippen LogP contribution is -2.47. The van der Waals surface area contributed by atoms with Crippen LogP contribution in [0.2, 0.25) is 0 Å². The minimum Gasteiger partial charge on any atom is -0.376 e. The maximum absolute atomic E-state index is 6.31. The molecule has 5 aliphatic carbocycles. The second-order valence-electron chi connectivity index (χ2n) is 11.3. The van der Waals surface area contributed by atoms with Gasteiger partial charge < -0.3 is 11.1 Å². The van der Waals surface area contributed by atoms with Gasteiger partial charge in [-0.05, 0) is 92.2 Å². The average molecular weight is 457 g/mol. The Hall–Kier alpha value is -1.97. The Bertz CT molecular complexity index is 1040. The molecule has 4 atom stereocenters. The molecule has 4 unspecified atom stereocenters. The first kappa shape index (κ1) is 21.6. The summed E-state index contributed by atoms with van der Waals surface area (Å²) in [4.78, 5) is 1.17. The third-order valence-corrected chi connectivity index (χ3v) is 10.0. The molecule has 0 spiro atoms. The van der Waals surface area contributed by atoms with Crippen molar-refractivity contribution < 1.29 is 0 Å². The Balaban J connectivity index is 1.32. The zero-order valence-corrected chi connectivity index (χ0v) is 20.3. The molecule has 0 radical (unpaired) electrons. The highest BCUT2D eigenvalue weighted by atomic mass is 32.1. The van der Waals surface area contributed by atoms with Crippen molar-refractivity contribution in [3.8, 4) is 0 Å². The van der Waals surface area contributed by atoms with E-state index >= 15 is 0 Å². The molecule has 0 aliphatic heterocycles. The van der Waals surface area contributed by atoms with Gasteiger partial charge in [-0.25, -0.2) is 0 Å². The van der Waals surface area contributed by atoms with Crippen LogP contribution < -0.4 is 11.1 Å². The summed E-state index contributed by atoms with van der Waals surface area (Å²) in [5.74, 6) is 1.91. The molecular formula is C30H36N2S. The molecule has 0 saturated heterocycles. The number of hydrogen-bond donors (Lipinski definition) is 2. The van der Waals surface area contributed by atoms with E-state index in [1.807, 2.05) is 0 Å². The molecule has 2 aromatic carbocycles. The number of benzene rings is 2. The maximum atomic E-state index is 6.31. The number of hydrogen-bond acceptors (Lipinski definition) is 2. The van der Waals surface area contributed by atoms with Crippen LogP contribution in [0.4, 0.5) is 0 Å². The van der Waals surface area contributed by atoms with E-state index < -0.39 is 0 Å². The SMILES string of the molecule is NCC1CCC(NC(=S)C23CC4CC(c5ccccc5)(CC2/C4=C\c2ccccc2)C3)CC1. The van der Waals surface area contributed by atoms with Crippen molar-refractivity contribution in [2.75, 3.05) is 6.54 Å². The zero-order chi connectivity index (χ0) is 22.5. The van der Waals surface area contributed by atoms with Crippen LogP contribution in [-0.4, -0.2) is 17.6 Å². The maximum Gasteiger partial charge on any atom is 0.0824 e. The monoisotopic (exact) mass is 456 g/mol. The van der Waals surface area contributed by atoms with Gasteiger partial charge in [0.05, 0.1) is 4.99 Å². The molecule has 0 heterocycles. The fourth-order valence-corrected chi connectivity index (χ4v) is 8.45. The van der Waals surface area contributed by atoms with Crippen molar-refractivity contribution in [1.82, 2.24) is 5.32 Å². The van der Waals surface area contributed by atoms with E-state index in [0.29, 0.717) is 23.8 Å². The van der Waals surface area contributed by atoms with Crippen LogP contribution in [0.1, 0.15) is 62.5 Å². The van der Waals surface area contributed by atoms with Gasteiger partial charge in [-0.15, -0.1) is 0 Å². The van der Waals surface area contributed by atoms with E-state index in [2.05, 4.69) is 72.1 Å². The van der Waals surface area contributed by atoms with Gasteiger partial charge in [-0.2, -0.15) is 0 Å². The molecule has 3 N–H and O–H groups in total. The summed E-state index contributed by atoms with van der Waals surface area (Å²) in [6.07, 6.45) is 12.4. The first-order valence-electron chi connectivity index (χ1n) is 12.9. The van der Waals surface area contributed by atoms with Gasteiger partial charge in [0.25, 0.3) is 0 Å². The van der Waals surface area contributed by atoms with Gasteiger partial charge >= 0.3 is 0 Å². The zero-order valence-electron chi connectivity index (χ0n) is 19.5. The van der Waals surface area contributed by atoms with Crippen LogP contribution >= 0.6 is 12.2 Å². The molecule has 4 bridgehead atoms. The normalized spacial score (nSPS) is 38.0. The van der Waals surface area contributed by atoms with Crippen LogP contribution in [0.25, 0.3) is 6.08 Å². The van der Waals surface area contributed by atoms with Crippen LogP contribution in [0.3, 0.4) is 0 Å². The Kier molecular flexibility index (Phi) is 5.46. The molecule has 5 aliphatic rings. The minimum absolute atomic E-state index is 0.124. The number of nitrogens with one attached hydrogen (secondary N) is 1. The van der Waals surface area contributed by atoms with Crippen molar-refractivity contribution in [2.24, 2.45) is 28.9 Å². The number of nitrogens with two attached hydrogens (primary N) is 1. The Morgan fingerprint density at radius 1 is 0.939 bits per heavy atom. The molecule has 0 aromatic heterocycles. The van der Waals surface area contributed by atoms with Gasteiger partial charge in [0.1, 0.15) is 0 Å². The van der Waals surface area contributed by atoms with Gasteiger partial charge in [-0.1, -0.05) is 84.5 Å². The van der Waals surface area contributed by atoms with Crippen LogP contribution in [0.5, 0.6) is 0 Å². The summed E-state index contributed by atoms with van der Waals surface area (Å²) in [5.41, 5.74) is 10.9. The van der Waals surface area contributed by atoms with E-state index in [1.54, 1.807) is 5.57 Å². The Morgan fingerprint density at radius 2 is 1.64 bits per heavy atom. The molecule has 2 nitrogen and oxygen atoms in total. The van der Waals surface area contributed by atoms with Gasteiger partial charge in [0.2, 0.25) is 0 Å². The summed E-state index contributed by atoms with van der Waals surface area (Å²) in [6, 6.07) is 22.8. The largest absolute Gasteiger partial charge is 0.376 e. The highest BCUT2D eigenvalue weighted by Gasteiger charge is 2.67. The number of thiocarbonyl (C=S) groups is 1. The first-order valence-corrected chi connectivity index (χ1v) is 13.4. The van der Waals surface area contributed by atoms with Crippen molar-refractivity contribution in [1.29, 1.82) is 0 Å². The summed E-state index contributed by atoms with van der Waals surface area (Å²) in [6.45, 7) is 0.831. The highest BCUT2D eigenvalue weighted by Crippen LogP contribution is 2.73. The molecule has 5 saturated carbocycles. The molecule has 33 heavy (non-hydrogen) atoms. The summed E-state index contributed by atoms with van der Waals surface area (Å²) < 4.78 is 0. The average Bonchev–Trinajstić information content (AvgIpc) is 3.23. The van der Waals surface area contributed by atoms with Gasteiger partial charge in [0, 0.05) is 11.5 Å². The second kappa shape index (κ2) is 8.36. The van der Waals surface area contributed by atoms with E-state index in [1.165, 1.54) is 67.5 Å². The fraction of sp³-hybridized carbons (Fsp3) is 0.500. The van der Waals surface area contributed by atoms with Gasteiger partial charge in [0.15, 0.2) is 0 Å². The quantitative estimate of drug-likeness (QED) is 0.521. The van der Waals surface area contributed by atoms with Crippen LogP contribution in [-0.2, 0) is 5.41 Å². The van der Waals surface area contributed by atoms with Crippen molar-refractivity contribution >= 4 is 23.3 Å². The predicted octanol–water partition coefficient (Wildman–Crippen LogP) is 6.26. The summed E-state index contributed by atoms with van der Waals surface area (Å²) in [7, 11) is 0. The van der Waals surface area contributed by atoms with Crippen molar-refractivity contribution in [3.05, 3.63) is 77.4 Å². The topological polar surface area (TPSA) is 38.0 Å². The smallest absolute Gasteiger partial charge is 0.0824 e. The summed E-state index contributed by atoms with van der Waals surface area (Å²) in [5, 5.41) is 3.93. The minimum atomic E-state index is 0.124. The third-order valence-electron chi connectivity index (χ3n) is 9.52. The lowest BCUT2D eigenvalue weighted by Gasteiger charge is -2.42. The molecule has 0 amide bonds. The summed E-state index contributed by atoms with van der Waals surface area (Å²) >= 11 is 6.31. The Morgan fingerprint density at radius 3 is 2.33 bits per heavy atom. The van der Waals surface area contributed by atoms with Crippen LogP contribution in [0.15, 0.2) is 66.2 Å². The fourth-order valence-electron chi connectivity index (χ4n) is 7.99. The third kappa shape index (κ3) is 3.59. The molecule has 3 heteroatoms. The van der Waals surface area contributed by atoms with Crippen molar-refractivity contribution in [2.45, 2.75) is 62.8 Å². The molecule has 7 rings (SSSR count). The number of allylic oxidation sites excluding steroid dienone is 1. The Labute approximate surface area is 204 Å². The van der Waals surface area contributed by atoms with E-state index in [-0.39, 0.29) is 10.8 Å². The van der Waals surface area contributed by atoms with Gasteiger partial charge in [-0.3, -0.25) is 0 Å². The van der Waals surface area contributed by atoms with E-state index in [9.17, 15) is 0 Å². The first-order chi connectivity index (χ1) is 16.1. The highest BCUT2D eigenvalue weighted by molar-refractivity contribution is 7.80. The van der Waals surface area contributed by atoms with E-state index in [0.717, 1.165) is 6.54 Å². The van der Waals surface area contributed by atoms with E-state index in [4.69, 9.17) is 18.0 Å². The molecule has 2 aromatic rings. The predicted molar refractivity (Wildman–Crippen MR) is 141 cm³/mol. The van der Waals surface area contributed by atoms with Crippen LogP contribution in [0, 0.1) is 23.2 Å². The van der Waals surface area contributed by atoms with Crippen molar-refractivity contribution in [3.63, 3.8) is 0 Å². The molecular weight excluding hydrogens is 420 g/mol. The standard InChI is InChI=1S/C30H36N2S/c31-19-22-11-13-25(14-12-22)32-28(33)30-17-23-16-29(20-30,24-9-5-2-6-10-24)18-27(30)26(23)15-21-7-3-1-4-8-21/h1-10,15,22-23,25,27H,11-14,16-20,31H2,(H,32,33)/b26-15-. The molecule has 5 fully saturated rings.